The van der Waals surface area contributed by atoms with Crippen LogP contribution in [0.15, 0.2) is 30.3 Å². The van der Waals surface area contributed by atoms with Crippen molar-refractivity contribution in [2.24, 2.45) is 5.92 Å². The lowest BCUT2D eigenvalue weighted by molar-refractivity contribution is -0.152. The second-order valence-electron chi connectivity index (χ2n) is 7.10. The Bertz CT molecular complexity index is 595. The monoisotopic (exact) mass is 395 g/mol. The molecule has 0 N–H and O–H groups in total. The van der Waals surface area contributed by atoms with Gasteiger partial charge in [0.1, 0.15) is 6.10 Å². The van der Waals surface area contributed by atoms with Gasteiger partial charge in [0.2, 0.25) is 0 Å². The van der Waals surface area contributed by atoms with E-state index in [1.165, 1.54) is 12.5 Å². The first-order valence-electron chi connectivity index (χ1n) is 9.80. The lowest BCUT2D eigenvalue weighted by atomic mass is 9.88. The maximum absolute atomic E-state index is 12.3. The first-order chi connectivity index (χ1) is 13.0. The van der Waals surface area contributed by atoms with Gasteiger partial charge in [-0.1, -0.05) is 55.3 Å². The Morgan fingerprint density at radius 2 is 2.04 bits per heavy atom. The van der Waals surface area contributed by atoms with Crippen LogP contribution in [0.2, 0.25) is 0 Å². The molecule has 1 aromatic carbocycles. The van der Waals surface area contributed by atoms with E-state index in [9.17, 15) is 9.59 Å². The number of amides is 1. The van der Waals surface area contributed by atoms with Gasteiger partial charge in [0.05, 0.1) is 6.54 Å². The molecule has 1 fully saturated rings. The summed E-state index contributed by atoms with van der Waals surface area (Å²) in [6.45, 7) is 4.36. The Labute approximate surface area is 167 Å². The molecule has 2 rings (SSSR count). The molecule has 1 heterocycles. The molecule has 3 unspecified atom stereocenters. The maximum Gasteiger partial charge on any atom is 0.411 e. The molecule has 1 saturated heterocycles. The number of rotatable bonds is 8. The summed E-state index contributed by atoms with van der Waals surface area (Å²) >= 11 is 6.02. The van der Waals surface area contributed by atoms with Gasteiger partial charge in [-0.05, 0) is 43.6 Å². The van der Waals surface area contributed by atoms with Crippen molar-refractivity contribution in [2.75, 3.05) is 13.1 Å². The molecule has 1 amide bonds. The van der Waals surface area contributed by atoms with Crippen LogP contribution in [0.25, 0.3) is 0 Å². The number of carbonyl (C=O) groups is 2. The molecule has 1 aliphatic heterocycles. The van der Waals surface area contributed by atoms with E-state index in [4.69, 9.17) is 21.1 Å². The molecule has 1 aliphatic rings. The Balaban J connectivity index is 1.87. The lowest BCUT2D eigenvalue weighted by Gasteiger charge is -2.37. The Kier molecular flexibility index (Phi) is 8.92. The van der Waals surface area contributed by atoms with Gasteiger partial charge in [-0.25, -0.2) is 4.79 Å². The van der Waals surface area contributed by atoms with Crippen LogP contribution in [-0.4, -0.2) is 41.7 Å². The molecule has 27 heavy (non-hydrogen) atoms. The number of carbonyl (C=O) groups excluding carboxylic acids is 2. The van der Waals surface area contributed by atoms with Crippen LogP contribution in [-0.2, 0) is 20.7 Å². The van der Waals surface area contributed by atoms with Crippen molar-refractivity contribution in [3.63, 3.8) is 0 Å². The molecular formula is C21H30ClNO4. The Morgan fingerprint density at radius 1 is 1.30 bits per heavy atom. The zero-order chi connectivity index (χ0) is 19.6. The van der Waals surface area contributed by atoms with E-state index in [2.05, 4.69) is 12.1 Å². The number of nitrogens with zero attached hydrogens (tertiary/aromatic N) is 1. The quantitative estimate of drug-likeness (QED) is 0.470. The van der Waals surface area contributed by atoms with Crippen LogP contribution in [0, 0.1) is 5.92 Å². The maximum atomic E-state index is 12.3. The molecular weight excluding hydrogens is 366 g/mol. The van der Waals surface area contributed by atoms with Gasteiger partial charge in [-0.15, -0.1) is 0 Å². The van der Waals surface area contributed by atoms with Gasteiger partial charge < -0.3 is 14.4 Å². The average molecular weight is 396 g/mol. The number of piperidine rings is 1. The fraction of sp³-hybridized carbons (Fsp3) is 0.619. The van der Waals surface area contributed by atoms with Gasteiger partial charge in [-0.3, -0.25) is 4.79 Å². The third-order valence-corrected chi connectivity index (χ3v) is 5.21. The smallest absolute Gasteiger partial charge is 0.411 e. The molecule has 3 atom stereocenters. The van der Waals surface area contributed by atoms with Gasteiger partial charge in [0, 0.05) is 13.5 Å². The minimum atomic E-state index is -0.613. The van der Waals surface area contributed by atoms with Crippen LogP contribution in [0.1, 0.15) is 51.5 Å². The van der Waals surface area contributed by atoms with Gasteiger partial charge in [0.15, 0.2) is 5.56 Å². The number of hydrogen-bond donors (Lipinski definition) is 0. The number of esters is 1. The molecule has 0 radical (unpaired) electrons. The first-order valence-corrected chi connectivity index (χ1v) is 10.2. The van der Waals surface area contributed by atoms with Crippen molar-refractivity contribution in [3.05, 3.63) is 35.9 Å². The number of ether oxygens (including phenoxy) is 2. The highest BCUT2D eigenvalue weighted by Crippen LogP contribution is 2.27. The van der Waals surface area contributed by atoms with E-state index < -0.39 is 11.7 Å². The predicted octanol–water partition coefficient (Wildman–Crippen LogP) is 4.76. The topological polar surface area (TPSA) is 55.8 Å². The molecule has 0 aliphatic carbocycles. The lowest BCUT2D eigenvalue weighted by Crippen LogP contribution is -2.48. The molecule has 1 aromatic rings. The molecule has 0 spiro atoms. The number of halogens is 1. The first kappa shape index (κ1) is 21.5. The standard InChI is InChI=1S/C21H30ClNO4/c1-3-8-20(22)27-21(25)23-14-13-18(19(15-23)26-16(2)24)12-7-11-17-9-5-4-6-10-17/h4-6,9-10,18-20H,3,7-8,11-15H2,1-2H3. The predicted molar refractivity (Wildman–Crippen MR) is 106 cm³/mol. The van der Waals surface area contributed by atoms with Crippen molar-refractivity contribution < 1.29 is 19.1 Å². The summed E-state index contributed by atoms with van der Waals surface area (Å²) in [5.41, 5.74) is 0.699. The minimum Gasteiger partial charge on any atom is -0.460 e. The summed E-state index contributed by atoms with van der Waals surface area (Å²) < 4.78 is 10.8. The largest absolute Gasteiger partial charge is 0.460 e. The van der Waals surface area contributed by atoms with Crippen LogP contribution < -0.4 is 0 Å². The Hall–Kier alpha value is -1.75. The summed E-state index contributed by atoms with van der Waals surface area (Å²) in [7, 11) is 0. The number of likely N-dealkylation sites (tertiary alicyclic amines) is 1. The third-order valence-electron chi connectivity index (χ3n) is 4.90. The van der Waals surface area contributed by atoms with E-state index in [-0.39, 0.29) is 18.0 Å². The van der Waals surface area contributed by atoms with Crippen molar-refractivity contribution in [2.45, 2.75) is 64.0 Å². The van der Waals surface area contributed by atoms with Crippen LogP contribution in [0.3, 0.4) is 0 Å². The van der Waals surface area contributed by atoms with Crippen molar-refractivity contribution in [1.29, 1.82) is 0 Å². The normalized spacial score (nSPS) is 20.8. The SMILES string of the molecule is CCCC(Cl)OC(=O)N1CCC(CCCc2ccccc2)C(OC(C)=O)C1. The van der Waals surface area contributed by atoms with E-state index in [0.29, 0.717) is 19.5 Å². The van der Waals surface area contributed by atoms with Crippen LogP contribution in [0.5, 0.6) is 0 Å². The second-order valence-corrected chi connectivity index (χ2v) is 7.59. The Morgan fingerprint density at radius 3 is 2.70 bits per heavy atom. The second kappa shape index (κ2) is 11.2. The number of hydrogen-bond acceptors (Lipinski definition) is 4. The summed E-state index contributed by atoms with van der Waals surface area (Å²) in [6.07, 6.45) is 4.53. The minimum absolute atomic E-state index is 0.254. The fourth-order valence-corrected chi connectivity index (χ4v) is 3.79. The zero-order valence-electron chi connectivity index (χ0n) is 16.2. The van der Waals surface area contributed by atoms with Gasteiger partial charge in [-0.2, -0.15) is 0 Å². The molecule has 150 valence electrons. The fourth-order valence-electron chi connectivity index (χ4n) is 3.49. The van der Waals surface area contributed by atoms with Crippen LogP contribution in [0.4, 0.5) is 4.79 Å². The van der Waals surface area contributed by atoms with Crippen molar-refractivity contribution >= 4 is 23.7 Å². The average Bonchev–Trinajstić information content (AvgIpc) is 2.63. The number of aryl methyl sites for hydroxylation is 1. The summed E-state index contributed by atoms with van der Waals surface area (Å²) in [4.78, 5) is 25.4. The highest BCUT2D eigenvalue weighted by atomic mass is 35.5. The van der Waals surface area contributed by atoms with Crippen molar-refractivity contribution in [3.8, 4) is 0 Å². The summed E-state index contributed by atoms with van der Waals surface area (Å²) in [5.74, 6) is -0.0615. The zero-order valence-corrected chi connectivity index (χ0v) is 17.0. The molecule has 5 nitrogen and oxygen atoms in total. The number of benzene rings is 1. The molecule has 0 bridgehead atoms. The summed E-state index contributed by atoms with van der Waals surface area (Å²) in [5, 5.41) is 0. The number of alkyl halides is 1. The van der Waals surface area contributed by atoms with E-state index in [1.54, 1.807) is 4.90 Å². The van der Waals surface area contributed by atoms with E-state index in [1.807, 2.05) is 25.1 Å². The molecule has 0 aromatic heterocycles. The highest BCUT2D eigenvalue weighted by molar-refractivity contribution is 6.20. The molecule has 6 heteroatoms. The van der Waals surface area contributed by atoms with E-state index in [0.717, 1.165) is 32.1 Å². The van der Waals surface area contributed by atoms with Crippen molar-refractivity contribution in [1.82, 2.24) is 4.90 Å². The van der Waals surface area contributed by atoms with Gasteiger partial charge >= 0.3 is 12.1 Å². The van der Waals surface area contributed by atoms with Crippen LogP contribution >= 0.6 is 11.6 Å². The molecule has 0 saturated carbocycles. The summed E-state index contributed by atoms with van der Waals surface area (Å²) in [6, 6.07) is 10.4. The van der Waals surface area contributed by atoms with Gasteiger partial charge in [0.25, 0.3) is 0 Å². The highest BCUT2D eigenvalue weighted by Gasteiger charge is 2.34. The van der Waals surface area contributed by atoms with E-state index >= 15 is 0 Å². The third kappa shape index (κ3) is 7.41.